The maximum atomic E-state index is 12.8. The number of carbonyl (C=O) groups excluding carboxylic acids is 2. The van der Waals surface area contributed by atoms with E-state index in [1.54, 1.807) is 0 Å². The Morgan fingerprint density at radius 2 is 1.04 bits per heavy atom. The van der Waals surface area contributed by atoms with Crippen LogP contribution < -0.4 is 0 Å². The van der Waals surface area contributed by atoms with E-state index in [0.29, 0.717) is 12.8 Å². The van der Waals surface area contributed by atoms with Crippen LogP contribution in [0.25, 0.3) is 0 Å². The van der Waals surface area contributed by atoms with Gasteiger partial charge in [-0.1, -0.05) is 165 Å². The lowest BCUT2D eigenvalue weighted by Crippen LogP contribution is -2.59. The monoisotopic (exact) mass is 807 g/mol. The van der Waals surface area contributed by atoms with Crippen molar-refractivity contribution in [1.82, 2.24) is 0 Å². The van der Waals surface area contributed by atoms with Gasteiger partial charge in [-0.25, -0.2) is 0 Å². The molecule has 2 unspecified atom stereocenters. The van der Waals surface area contributed by atoms with E-state index in [1.807, 2.05) is 0 Å². The Morgan fingerprint density at radius 1 is 0.561 bits per heavy atom. The molecule has 10 heteroatoms. The predicted octanol–water partition coefficient (Wildman–Crippen LogP) is 9.67. The van der Waals surface area contributed by atoms with Gasteiger partial charge in [0.2, 0.25) is 0 Å². The first-order valence-electron chi connectivity index (χ1n) is 22.7. The standard InChI is InChI=1S/C47H82O10/c1-3-5-7-9-11-13-15-17-19-20-22-24-26-28-30-32-34-36-43(50)56-40(39-55-47-46(53)45(52)44(51)41(37-48)57-47)38-54-42(49)35-33-31-29-27-25-23-21-18-16-14-12-10-8-6-4-2/h6,8,12,14,18,21,25,27,40-41,44-48,51-53H,3-5,7,9-11,13,15-17,19-20,22-24,26,28-39H2,1-2H3/b8-6+,14-12+,21-18+,27-25+/t40-,41-,44+,45?,46?,47-/m1/s1. The van der Waals surface area contributed by atoms with Crippen LogP contribution in [0.5, 0.6) is 0 Å². The first-order valence-corrected chi connectivity index (χ1v) is 22.7. The number of aliphatic hydroxyl groups is 4. The number of hydrogen-bond donors (Lipinski definition) is 4. The highest BCUT2D eigenvalue weighted by Gasteiger charge is 2.44. The molecular formula is C47H82O10. The molecular weight excluding hydrogens is 725 g/mol. The largest absolute Gasteiger partial charge is 0.462 e. The second-order valence-electron chi connectivity index (χ2n) is 15.5. The van der Waals surface area contributed by atoms with Crippen LogP contribution in [0, 0.1) is 0 Å². The minimum Gasteiger partial charge on any atom is -0.462 e. The van der Waals surface area contributed by atoms with Crippen LogP contribution in [0.15, 0.2) is 48.6 Å². The molecule has 6 atom stereocenters. The Morgan fingerprint density at radius 3 is 1.56 bits per heavy atom. The van der Waals surface area contributed by atoms with Crippen molar-refractivity contribution in [3.63, 3.8) is 0 Å². The number of unbranched alkanes of at least 4 members (excludes halogenated alkanes) is 18. The summed E-state index contributed by atoms with van der Waals surface area (Å²) in [6, 6.07) is 0. The predicted molar refractivity (Wildman–Crippen MR) is 229 cm³/mol. The number of aliphatic hydroxyl groups excluding tert-OH is 4. The molecule has 57 heavy (non-hydrogen) atoms. The highest BCUT2D eigenvalue weighted by molar-refractivity contribution is 5.70. The van der Waals surface area contributed by atoms with E-state index in [0.717, 1.165) is 57.8 Å². The van der Waals surface area contributed by atoms with Crippen LogP contribution in [-0.2, 0) is 28.5 Å². The van der Waals surface area contributed by atoms with E-state index >= 15 is 0 Å². The molecule has 10 nitrogen and oxygen atoms in total. The van der Waals surface area contributed by atoms with Gasteiger partial charge in [-0.05, 0) is 51.4 Å². The zero-order valence-electron chi connectivity index (χ0n) is 35.8. The summed E-state index contributed by atoms with van der Waals surface area (Å²) in [6.45, 7) is 3.27. The Bertz CT molecular complexity index is 1070. The summed E-state index contributed by atoms with van der Waals surface area (Å²) < 4.78 is 22.1. The molecule has 0 radical (unpaired) electrons. The molecule has 0 aromatic carbocycles. The van der Waals surface area contributed by atoms with Gasteiger partial charge in [0.15, 0.2) is 12.4 Å². The van der Waals surface area contributed by atoms with Crippen LogP contribution in [-0.4, -0.2) is 89.0 Å². The molecule has 0 bridgehead atoms. The smallest absolute Gasteiger partial charge is 0.306 e. The first kappa shape index (κ1) is 52.7. The van der Waals surface area contributed by atoms with Crippen molar-refractivity contribution in [2.45, 2.75) is 218 Å². The van der Waals surface area contributed by atoms with Crippen molar-refractivity contribution in [1.29, 1.82) is 0 Å². The molecule has 1 heterocycles. The number of allylic oxidation sites excluding steroid dienone is 8. The molecule has 1 saturated heterocycles. The molecule has 1 aliphatic rings. The average Bonchev–Trinajstić information content (AvgIpc) is 3.21. The van der Waals surface area contributed by atoms with Gasteiger partial charge in [0.05, 0.1) is 13.2 Å². The number of ether oxygens (including phenoxy) is 4. The van der Waals surface area contributed by atoms with Gasteiger partial charge in [-0.2, -0.15) is 0 Å². The maximum absolute atomic E-state index is 12.8. The molecule has 0 spiro atoms. The summed E-state index contributed by atoms with van der Waals surface area (Å²) >= 11 is 0. The fraction of sp³-hybridized carbons (Fsp3) is 0.787. The lowest BCUT2D eigenvalue weighted by molar-refractivity contribution is -0.305. The topological polar surface area (TPSA) is 152 Å². The Hall–Kier alpha value is -2.34. The van der Waals surface area contributed by atoms with Crippen molar-refractivity contribution in [3.05, 3.63) is 48.6 Å². The van der Waals surface area contributed by atoms with E-state index in [1.165, 1.54) is 83.5 Å². The third-order valence-corrected chi connectivity index (χ3v) is 10.2. The quantitative estimate of drug-likeness (QED) is 0.0271. The molecule has 330 valence electrons. The Labute approximate surface area is 346 Å². The maximum Gasteiger partial charge on any atom is 0.306 e. The summed E-state index contributed by atoms with van der Waals surface area (Å²) in [7, 11) is 0. The van der Waals surface area contributed by atoms with Crippen molar-refractivity contribution >= 4 is 11.9 Å². The number of hydrogen-bond acceptors (Lipinski definition) is 10. The van der Waals surface area contributed by atoms with E-state index in [9.17, 15) is 30.0 Å². The lowest BCUT2D eigenvalue weighted by Gasteiger charge is -2.39. The SMILES string of the molecule is CC/C=C/C/C=C/C/C=C/C/C=C/CCCCC(=O)OC[C@H](CO[C@@H]1O[C@H](CO)[C@H](O)C(O)C1O)OC(=O)CCCCCCCCCCCCCCCCCCC. The lowest BCUT2D eigenvalue weighted by atomic mass is 9.99. The van der Waals surface area contributed by atoms with Crippen LogP contribution >= 0.6 is 0 Å². The summed E-state index contributed by atoms with van der Waals surface area (Å²) in [6.07, 6.45) is 36.9. The van der Waals surface area contributed by atoms with Gasteiger partial charge in [-0.15, -0.1) is 0 Å². The Balaban J connectivity index is 2.35. The summed E-state index contributed by atoms with van der Waals surface area (Å²) in [5.41, 5.74) is 0. The molecule has 0 aromatic heterocycles. The summed E-state index contributed by atoms with van der Waals surface area (Å²) in [5.74, 6) is -0.852. The van der Waals surface area contributed by atoms with Gasteiger partial charge < -0.3 is 39.4 Å². The van der Waals surface area contributed by atoms with Crippen molar-refractivity contribution < 1.29 is 49.0 Å². The fourth-order valence-corrected chi connectivity index (χ4v) is 6.65. The zero-order valence-corrected chi connectivity index (χ0v) is 35.8. The fourth-order valence-electron chi connectivity index (χ4n) is 6.65. The Kier molecular flexibility index (Phi) is 35.0. The van der Waals surface area contributed by atoms with Gasteiger partial charge in [-0.3, -0.25) is 9.59 Å². The van der Waals surface area contributed by atoms with Crippen LogP contribution in [0.1, 0.15) is 181 Å². The van der Waals surface area contributed by atoms with Crippen molar-refractivity contribution in [2.24, 2.45) is 0 Å². The minimum atomic E-state index is -1.60. The second kappa shape index (κ2) is 37.9. The van der Waals surface area contributed by atoms with Gasteiger partial charge in [0, 0.05) is 12.8 Å². The molecule has 4 N–H and O–H groups in total. The third-order valence-electron chi connectivity index (χ3n) is 10.2. The van der Waals surface area contributed by atoms with Crippen molar-refractivity contribution in [3.8, 4) is 0 Å². The van der Waals surface area contributed by atoms with Crippen molar-refractivity contribution in [2.75, 3.05) is 19.8 Å². The first-order chi connectivity index (χ1) is 27.8. The number of rotatable bonds is 37. The normalized spacial score (nSPS) is 20.7. The zero-order chi connectivity index (χ0) is 41.6. The molecule has 1 fully saturated rings. The van der Waals surface area contributed by atoms with Gasteiger partial charge in [0.1, 0.15) is 31.0 Å². The minimum absolute atomic E-state index is 0.223. The highest BCUT2D eigenvalue weighted by Crippen LogP contribution is 2.23. The molecule has 0 amide bonds. The molecule has 1 aliphatic heterocycles. The molecule has 0 aromatic rings. The van der Waals surface area contributed by atoms with Crippen LogP contribution in [0.2, 0.25) is 0 Å². The van der Waals surface area contributed by atoms with E-state index < -0.39 is 55.4 Å². The summed E-state index contributed by atoms with van der Waals surface area (Å²) in [5, 5.41) is 40.1. The summed E-state index contributed by atoms with van der Waals surface area (Å²) in [4.78, 5) is 25.3. The average molecular weight is 807 g/mol. The third kappa shape index (κ3) is 29.5. The van der Waals surface area contributed by atoms with Crippen LogP contribution in [0.4, 0.5) is 0 Å². The van der Waals surface area contributed by atoms with E-state index in [2.05, 4.69) is 62.5 Å². The van der Waals surface area contributed by atoms with Gasteiger partial charge in [0.25, 0.3) is 0 Å². The molecule has 0 aliphatic carbocycles. The van der Waals surface area contributed by atoms with E-state index in [-0.39, 0.29) is 26.1 Å². The molecule has 1 rings (SSSR count). The second-order valence-corrected chi connectivity index (χ2v) is 15.5. The van der Waals surface area contributed by atoms with Crippen LogP contribution in [0.3, 0.4) is 0 Å². The number of carbonyl (C=O) groups is 2. The van der Waals surface area contributed by atoms with E-state index in [4.69, 9.17) is 18.9 Å². The van der Waals surface area contributed by atoms with Gasteiger partial charge >= 0.3 is 11.9 Å². The number of esters is 2. The molecule has 0 saturated carbocycles. The highest BCUT2D eigenvalue weighted by atomic mass is 16.7.